The molecule has 0 saturated heterocycles. The van der Waals surface area contributed by atoms with Crippen molar-refractivity contribution in [3.05, 3.63) is 29.8 Å². The van der Waals surface area contributed by atoms with Gasteiger partial charge in [0.05, 0.1) is 11.7 Å². The van der Waals surface area contributed by atoms with Gasteiger partial charge in [0.15, 0.2) is 0 Å². The Kier molecular flexibility index (Phi) is 5.90. The number of carbonyl (C=O) groups excluding carboxylic acids is 1. The standard InChI is InChI=1S/C20H30N2O3S/c1-26(24,25)22-18-12-10-16(11-13-18)20(14-6-3-7-15-20)19(23)21-17-8-4-2-5-9-17/h10-13,17,22H,2-9,14-15H2,1H3,(H,21,23). The van der Waals surface area contributed by atoms with E-state index in [1.807, 2.05) is 12.1 Å². The molecular weight excluding hydrogens is 348 g/mol. The van der Waals surface area contributed by atoms with Crippen LogP contribution in [0.3, 0.4) is 0 Å². The van der Waals surface area contributed by atoms with E-state index in [9.17, 15) is 13.2 Å². The van der Waals surface area contributed by atoms with Crippen LogP contribution in [0.25, 0.3) is 0 Å². The predicted molar refractivity (Wildman–Crippen MR) is 105 cm³/mol. The van der Waals surface area contributed by atoms with Crippen LogP contribution in [0.5, 0.6) is 0 Å². The summed E-state index contributed by atoms with van der Waals surface area (Å²) in [6.45, 7) is 0. The van der Waals surface area contributed by atoms with Gasteiger partial charge in [0, 0.05) is 11.7 Å². The van der Waals surface area contributed by atoms with Crippen molar-refractivity contribution in [3.63, 3.8) is 0 Å². The molecule has 1 amide bonds. The zero-order chi connectivity index (χ0) is 18.6. The maximum absolute atomic E-state index is 13.3. The molecule has 0 aromatic heterocycles. The van der Waals surface area contributed by atoms with Crippen molar-refractivity contribution in [1.29, 1.82) is 0 Å². The first kappa shape index (κ1) is 19.2. The average Bonchev–Trinajstić information content (AvgIpc) is 2.62. The quantitative estimate of drug-likeness (QED) is 0.820. The highest BCUT2D eigenvalue weighted by molar-refractivity contribution is 7.92. The van der Waals surface area contributed by atoms with Crippen LogP contribution in [0, 0.1) is 0 Å². The van der Waals surface area contributed by atoms with Crippen LogP contribution in [-0.4, -0.2) is 26.6 Å². The number of hydrogen-bond donors (Lipinski definition) is 2. The van der Waals surface area contributed by atoms with E-state index in [1.54, 1.807) is 12.1 Å². The summed E-state index contributed by atoms with van der Waals surface area (Å²) in [6.07, 6.45) is 12.0. The third-order valence-corrected chi connectivity index (χ3v) is 6.43. The molecule has 0 aliphatic heterocycles. The molecule has 0 atom stereocenters. The Hall–Kier alpha value is -1.56. The highest BCUT2D eigenvalue weighted by Gasteiger charge is 2.41. The lowest BCUT2D eigenvalue weighted by molar-refractivity contribution is -0.129. The summed E-state index contributed by atoms with van der Waals surface area (Å²) in [6, 6.07) is 7.67. The lowest BCUT2D eigenvalue weighted by Crippen LogP contribution is -2.49. The molecule has 0 bridgehead atoms. The Bertz CT molecular complexity index is 716. The largest absolute Gasteiger partial charge is 0.353 e. The van der Waals surface area contributed by atoms with Gasteiger partial charge in [-0.1, -0.05) is 50.7 Å². The summed E-state index contributed by atoms with van der Waals surface area (Å²) in [4.78, 5) is 13.3. The van der Waals surface area contributed by atoms with Gasteiger partial charge in [0.1, 0.15) is 0 Å². The molecule has 0 heterocycles. The van der Waals surface area contributed by atoms with Gasteiger partial charge in [-0.2, -0.15) is 0 Å². The third kappa shape index (κ3) is 4.58. The summed E-state index contributed by atoms with van der Waals surface area (Å²) in [5.74, 6) is 0.160. The van der Waals surface area contributed by atoms with Crippen molar-refractivity contribution in [1.82, 2.24) is 5.32 Å². The second-order valence-electron chi connectivity index (χ2n) is 7.90. The first-order valence-corrected chi connectivity index (χ1v) is 11.7. The fraction of sp³-hybridized carbons (Fsp3) is 0.650. The first-order chi connectivity index (χ1) is 12.4. The van der Waals surface area contributed by atoms with E-state index in [0.29, 0.717) is 11.7 Å². The average molecular weight is 379 g/mol. The van der Waals surface area contributed by atoms with Crippen molar-refractivity contribution < 1.29 is 13.2 Å². The molecular formula is C20H30N2O3S. The summed E-state index contributed by atoms with van der Waals surface area (Å²) in [5.41, 5.74) is 1.07. The maximum atomic E-state index is 13.3. The Morgan fingerprint density at radius 3 is 2.12 bits per heavy atom. The second kappa shape index (κ2) is 7.99. The van der Waals surface area contributed by atoms with Crippen molar-refractivity contribution in [3.8, 4) is 0 Å². The molecule has 0 radical (unpaired) electrons. The van der Waals surface area contributed by atoms with Gasteiger partial charge in [-0.25, -0.2) is 8.42 Å². The van der Waals surface area contributed by atoms with Crippen molar-refractivity contribution in [2.45, 2.75) is 75.7 Å². The minimum atomic E-state index is -3.29. The molecule has 2 aliphatic carbocycles. The molecule has 0 unspecified atom stereocenters. The minimum absolute atomic E-state index is 0.160. The Morgan fingerprint density at radius 2 is 1.54 bits per heavy atom. The Morgan fingerprint density at radius 1 is 0.962 bits per heavy atom. The van der Waals surface area contributed by atoms with E-state index in [4.69, 9.17) is 0 Å². The zero-order valence-electron chi connectivity index (χ0n) is 15.6. The normalized spacial score (nSPS) is 21.1. The van der Waals surface area contributed by atoms with Gasteiger partial charge in [0.25, 0.3) is 0 Å². The SMILES string of the molecule is CS(=O)(=O)Nc1ccc(C2(C(=O)NC3CCCCC3)CCCCC2)cc1. The van der Waals surface area contributed by atoms with Gasteiger partial charge in [0.2, 0.25) is 15.9 Å². The number of anilines is 1. The number of benzene rings is 1. The Labute approximate surface area is 157 Å². The van der Waals surface area contributed by atoms with Crippen LogP contribution >= 0.6 is 0 Å². The molecule has 3 rings (SSSR count). The minimum Gasteiger partial charge on any atom is -0.353 e. The molecule has 0 spiro atoms. The van der Waals surface area contributed by atoms with Crippen molar-refractivity contribution in [2.75, 3.05) is 11.0 Å². The van der Waals surface area contributed by atoms with Crippen LogP contribution in [0.2, 0.25) is 0 Å². The number of rotatable bonds is 5. The van der Waals surface area contributed by atoms with Crippen LogP contribution in [-0.2, 0) is 20.2 Å². The molecule has 2 fully saturated rings. The predicted octanol–water partition coefficient (Wildman–Crippen LogP) is 3.71. The molecule has 6 heteroatoms. The van der Waals surface area contributed by atoms with E-state index >= 15 is 0 Å². The second-order valence-corrected chi connectivity index (χ2v) is 9.65. The van der Waals surface area contributed by atoms with E-state index in [-0.39, 0.29) is 5.91 Å². The molecule has 2 N–H and O–H groups in total. The molecule has 26 heavy (non-hydrogen) atoms. The van der Waals surface area contributed by atoms with Crippen LogP contribution in [0.4, 0.5) is 5.69 Å². The van der Waals surface area contributed by atoms with Crippen LogP contribution in [0.15, 0.2) is 24.3 Å². The fourth-order valence-electron chi connectivity index (χ4n) is 4.44. The van der Waals surface area contributed by atoms with Crippen LogP contribution in [0.1, 0.15) is 69.8 Å². The van der Waals surface area contributed by atoms with Crippen molar-refractivity contribution in [2.24, 2.45) is 0 Å². The topological polar surface area (TPSA) is 75.3 Å². The van der Waals surface area contributed by atoms with Gasteiger partial charge in [-0.3, -0.25) is 9.52 Å². The summed E-state index contributed by atoms with van der Waals surface area (Å²) in [5, 5.41) is 3.33. The first-order valence-electron chi connectivity index (χ1n) is 9.78. The summed E-state index contributed by atoms with van der Waals surface area (Å²) in [7, 11) is -3.29. The van der Waals surface area contributed by atoms with Gasteiger partial charge in [-0.15, -0.1) is 0 Å². The number of nitrogens with one attached hydrogen (secondary N) is 2. The number of amides is 1. The van der Waals surface area contributed by atoms with E-state index in [2.05, 4.69) is 10.0 Å². The zero-order valence-corrected chi connectivity index (χ0v) is 16.4. The monoisotopic (exact) mass is 378 g/mol. The van der Waals surface area contributed by atoms with Crippen LogP contribution < -0.4 is 10.0 Å². The number of carbonyl (C=O) groups is 1. The maximum Gasteiger partial charge on any atom is 0.230 e. The number of hydrogen-bond acceptors (Lipinski definition) is 3. The molecule has 1 aromatic rings. The molecule has 1 aromatic carbocycles. The summed E-state index contributed by atoms with van der Waals surface area (Å²) >= 11 is 0. The van der Waals surface area contributed by atoms with E-state index in [1.165, 1.54) is 25.7 Å². The summed E-state index contributed by atoms with van der Waals surface area (Å²) < 4.78 is 25.3. The highest BCUT2D eigenvalue weighted by Crippen LogP contribution is 2.40. The molecule has 144 valence electrons. The van der Waals surface area contributed by atoms with E-state index < -0.39 is 15.4 Å². The Balaban J connectivity index is 1.81. The molecule has 2 saturated carbocycles. The molecule has 2 aliphatic rings. The lowest BCUT2D eigenvalue weighted by Gasteiger charge is -2.38. The lowest BCUT2D eigenvalue weighted by atomic mass is 9.68. The smallest absolute Gasteiger partial charge is 0.230 e. The number of sulfonamides is 1. The van der Waals surface area contributed by atoms with Gasteiger partial charge in [-0.05, 0) is 43.4 Å². The molecule has 5 nitrogen and oxygen atoms in total. The van der Waals surface area contributed by atoms with E-state index in [0.717, 1.165) is 50.3 Å². The highest BCUT2D eigenvalue weighted by atomic mass is 32.2. The fourth-order valence-corrected chi connectivity index (χ4v) is 5.01. The third-order valence-electron chi connectivity index (χ3n) is 5.82. The van der Waals surface area contributed by atoms with Gasteiger partial charge < -0.3 is 5.32 Å². The van der Waals surface area contributed by atoms with Crippen molar-refractivity contribution >= 4 is 21.6 Å². The van der Waals surface area contributed by atoms with Gasteiger partial charge >= 0.3 is 0 Å².